The number of methoxy groups -OCH3 is 1. The molecular weight excluding hydrogens is 342 g/mol. The van der Waals surface area contributed by atoms with Crippen LogP contribution in [0.5, 0.6) is 0 Å². The molecule has 5 heteroatoms. The van der Waals surface area contributed by atoms with E-state index in [1.54, 1.807) is 19.1 Å². The Kier molecular flexibility index (Phi) is 4.95. The van der Waals surface area contributed by atoms with E-state index in [1.165, 1.54) is 14.0 Å². The van der Waals surface area contributed by atoms with Gasteiger partial charge in [-0.15, -0.1) is 0 Å². The van der Waals surface area contributed by atoms with Crippen LogP contribution in [0, 0.1) is 6.92 Å². The van der Waals surface area contributed by atoms with Gasteiger partial charge in [0.2, 0.25) is 5.91 Å². The van der Waals surface area contributed by atoms with Crippen LogP contribution in [0.4, 0.5) is 5.69 Å². The molecule has 0 bridgehead atoms. The van der Waals surface area contributed by atoms with Crippen LogP contribution < -0.4 is 4.90 Å². The summed E-state index contributed by atoms with van der Waals surface area (Å²) in [5.74, 6) is -1.25. The van der Waals surface area contributed by atoms with E-state index >= 15 is 0 Å². The second kappa shape index (κ2) is 7.19. The van der Waals surface area contributed by atoms with E-state index < -0.39 is 5.97 Å². The van der Waals surface area contributed by atoms with Gasteiger partial charge in [0.05, 0.1) is 23.9 Å². The monoisotopic (exact) mass is 363 g/mol. The Morgan fingerprint density at radius 2 is 1.78 bits per heavy atom. The third kappa shape index (κ3) is 3.05. The number of anilines is 1. The second-order valence-corrected chi connectivity index (χ2v) is 6.41. The van der Waals surface area contributed by atoms with Gasteiger partial charge in [-0.25, -0.2) is 9.69 Å². The van der Waals surface area contributed by atoms with Crippen molar-refractivity contribution >= 4 is 34.6 Å². The fourth-order valence-electron chi connectivity index (χ4n) is 3.52. The molecule has 2 aromatic carbocycles. The number of carbonyl (C=O) groups is 3. The maximum absolute atomic E-state index is 13.2. The summed E-state index contributed by atoms with van der Waals surface area (Å²) in [7, 11) is 1.30. The van der Waals surface area contributed by atoms with Gasteiger partial charge in [-0.1, -0.05) is 37.3 Å². The van der Waals surface area contributed by atoms with E-state index in [4.69, 9.17) is 4.74 Å². The minimum absolute atomic E-state index is 0.342. The Morgan fingerprint density at radius 1 is 1.11 bits per heavy atom. The van der Waals surface area contributed by atoms with Crippen LogP contribution >= 0.6 is 0 Å². The number of hydrogen-bond donors (Lipinski definition) is 0. The quantitative estimate of drug-likeness (QED) is 0.611. The molecule has 2 amide bonds. The smallest absolute Gasteiger partial charge is 0.338 e. The number of imide groups is 1. The molecule has 1 heterocycles. The standard InChI is InChI=1S/C22H21NO4/c1-5-16(15-9-7-6-8-10-15)20-18-11-13(2)17(22(26)27-4)12-19(18)23(14(3)24)21(20)25/h6-12H,5H2,1-4H3/b20-16-. The second-order valence-electron chi connectivity index (χ2n) is 6.41. The van der Waals surface area contributed by atoms with Crippen molar-refractivity contribution in [2.45, 2.75) is 27.2 Å². The molecule has 0 aliphatic carbocycles. The van der Waals surface area contributed by atoms with Gasteiger partial charge in [0, 0.05) is 12.5 Å². The molecule has 5 nitrogen and oxygen atoms in total. The van der Waals surface area contributed by atoms with Crippen molar-refractivity contribution < 1.29 is 19.1 Å². The van der Waals surface area contributed by atoms with Gasteiger partial charge in [-0.05, 0) is 42.2 Å². The fraction of sp³-hybridized carbons (Fsp3) is 0.227. The van der Waals surface area contributed by atoms with E-state index in [2.05, 4.69) is 0 Å². The Morgan fingerprint density at radius 3 is 2.33 bits per heavy atom. The summed E-state index contributed by atoms with van der Waals surface area (Å²) in [6.07, 6.45) is 0.633. The van der Waals surface area contributed by atoms with E-state index in [0.717, 1.165) is 16.0 Å². The summed E-state index contributed by atoms with van der Waals surface area (Å²) < 4.78 is 4.82. The first-order valence-electron chi connectivity index (χ1n) is 8.77. The molecule has 0 N–H and O–H groups in total. The average molecular weight is 363 g/mol. The molecule has 0 saturated heterocycles. The van der Waals surface area contributed by atoms with Gasteiger partial charge in [0.1, 0.15) is 0 Å². The highest BCUT2D eigenvalue weighted by atomic mass is 16.5. The molecule has 1 aliphatic heterocycles. The number of esters is 1. The molecule has 0 aromatic heterocycles. The molecule has 0 saturated carbocycles. The van der Waals surface area contributed by atoms with Gasteiger partial charge < -0.3 is 4.74 Å². The predicted octanol–water partition coefficient (Wildman–Crippen LogP) is 4.00. The zero-order valence-electron chi connectivity index (χ0n) is 15.8. The van der Waals surface area contributed by atoms with Crippen LogP contribution in [-0.2, 0) is 14.3 Å². The minimum Gasteiger partial charge on any atom is -0.465 e. The van der Waals surface area contributed by atoms with Crippen molar-refractivity contribution in [1.82, 2.24) is 0 Å². The maximum Gasteiger partial charge on any atom is 0.338 e. The summed E-state index contributed by atoms with van der Waals surface area (Å²) in [4.78, 5) is 38.6. The van der Waals surface area contributed by atoms with E-state index in [1.807, 2.05) is 37.3 Å². The summed E-state index contributed by atoms with van der Waals surface area (Å²) in [5, 5.41) is 0. The molecule has 138 valence electrons. The van der Waals surface area contributed by atoms with E-state index in [0.29, 0.717) is 34.4 Å². The van der Waals surface area contributed by atoms with Crippen LogP contribution in [0.1, 0.15) is 47.3 Å². The van der Waals surface area contributed by atoms with Crippen LogP contribution in [0.2, 0.25) is 0 Å². The fourth-order valence-corrected chi connectivity index (χ4v) is 3.52. The highest BCUT2D eigenvalue weighted by Crippen LogP contribution is 2.43. The van der Waals surface area contributed by atoms with Gasteiger partial charge in [0.25, 0.3) is 5.91 Å². The average Bonchev–Trinajstić information content (AvgIpc) is 2.93. The first-order chi connectivity index (χ1) is 12.9. The molecule has 0 unspecified atom stereocenters. The molecular formula is C22H21NO4. The molecule has 27 heavy (non-hydrogen) atoms. The first kappa shape index (κ1) is 18.6. The lowest BCUT2D eigenvalue weighted by Crippen LogP contribution is -2.31. The summed E-state index contributed by atoms with van der Waals surface area (Å²) >= 11 is 0. The van der Waals surface area contributed by atoms with Crippen molar-refractivity contribution in [3.05, 3.63) is 64.7 Å². The molecule has 0 atom stereocenters. The van der Waals surface area contributed by atoms with Gasteiger partial charge in [-0.3, -0.25) is 9.59 Å². The van der Waals surface area contributed by atoms with Crippen LogP contribution in [0.25, 0.3) is 11.1 Å². The molecule has 1 aliphatic rings. The summed E-state index contributed by atoms with van der Waals surface area (Å²) in [6.45, 7) is 5.12. The van der Waals surface area contributed by atoms with Crippen LogP contribution in [-0.4, -0.2) is 24.9 Å². The number of carbonyl (C=O) groups excluding carboxylic acids is 3. The first-order valence-corrected chi connectivity index (χ1v) is 8.77. The largest absolute Gasteiger partial charge is 0.465 e. The number of rotatable bonds is 3. The Bertz CT molecular complexity index is 973. The Labute approximate surface area is 158 Å². The normalized spacial score (nSPS) is 14.8. The number of hydrogen-bond acceptors (Lipinski definition) is 4. The van der Waals surface area contributed by atoms with E-state index in [9.17, 15) is 14.4 Å². The highest BCUT2D eigenvalue weighted by Gasteiger charge is 2.38. The van der Waals surface area contributed by atoms with E-state index in [-0.39, 0.29) is 11.8 Å². The van der Waals surface area contributed by atoms with Crippen molar-refractivity contribution in [1.29, 1.82) is 0 Å². The maximum atomic E-state index is 13.2. The topological polar surface area (TPSA) is 63.7 Å². The van der Waals surface area contributed by atoms with Crippen LogP contribution in [0.15, 0.2) is 42.5 Å². The van der Waals surface area contributed by atoms with Crippen molar-refractivity contribution in [3.8, 4) is 0 Å². The third-order valence-corrected chi connectivity index (χ3v) is 4.77. The number of allylic oxidation sites excluding steroid dienone is 1. The van der Waals surface area contributed by atoms with Crippen molar-refractivity contribution in [3.63, 3.8) is 0 Å². The van der Waals surface area contributed by atoms with Crippen LogP contribution in [0.3, 0.4) is 0 Å². The minimum atomic E-state index is -0.498. The van der Waals surface area contributed by atoms with Gasteiger partial charge >= 0.3 is 5.97 Å². The van der Waals surface area contributed by atoms with Crippen molar-refractivity contribution in [2.75, 3.05) is 12.0 Å². The molecule has 0 radical (unpaired) electrons. The molecule has 2 aromatic rings. The lowest BCUT2D eigenvalue weighted by molar-refractivity contribution is -0.122. The van der Waals surface area contributed by atoms with Gasteiger partial charge in [-0.2, -0.15) is 0 Å². The predicted molar refractivity (Wildman–Crippen MR) is 104 cm³/mol. The molecule has 3 rings (SSSR count). The Balaban J connectivity index is 2.33. The number of benzene rings is 2. The highest BCUT2D eigenvalue weighted by molar-refractivity contribution is 6.43. The third-order valence-electron chi connectivity index (χ3n) is 4.77. The van der Waals surface area contributed by atoms with Crippen molar-refractivity contribution in [2.24, 2.45) is 0 Å². The zero-order chi connectivity index (χ0) is 19.7. The number of amides is 2. The summed E-state index contributed by atoms with van der Waals surface area (Å²) in [6, 6.07) is 13.0. The molecule has 0 spiro atoms. The number of nitrogens with zero attached hydrogens (tertiary/aromatic N) is 1. The van der Waals surface area contributed by atoms with Gasteiger partial charge in [0.15, 0.2) is 0 Å². The lowest BCUT2D eigenvalue weighted by Gasteiger charge is -2.14. The summed E-state index contributed by atoms with van der Waals surface area (Å²) in [5.41, 5.74) is 4.45. The zero-order valence-corrected chi connectivity index (χ0v) is 15.8. The SMILES string of the molecule is CC/C(=C1/C(=O)N(C(C)=O)c2cc(C(=O)OC)c(C)cc21)c1ccccc1. The number of ether oxygens (including phenoxy) is 1. The molecule has 0 fully saturated rings. The Hall–Kier alpha value is -3.21. The lowest BCUT2D eigenvalue weighted by atomic mass is 9.92. The number of fused-ring (bicyclic) bond motifs is 1. The number of aryl methyl sites for hydroxylation is 1.